The van der Waals surface area contributed by atoms with Crippen LogP contribution in [0.25, 0.3) is 76.7 Å². The molecule has 0 aliphatic heterocycles. The maximum Gasteiger partial charge on any atom is 0.195 e. The van der Waals surface area contributed by atoms with Crippen molar-refractivity contribution in [3.05, 3.63) is 164 Å². The average Bonchev–Trinajstić information content (AvgIpc) is 3.78. The molecule has 3 heterocycles. The smallest absolute Gasteiger partial charge is 0.195 e. The Hall–Kier alpha value is -5.71. The number of fused-ring (bicyclic) bond motifs is 5. The lowest BCUT2D eigenvalue weighted by Crippen LogP contribution is -2.01. The van der Waals surface area contributed by atoms with Crippen LogP contribution in [0.2, 0.25) is 0 Å². The van der Waals surface area contributed by atoms with Crippen LogP contribution in [0.15, 0.2) is 164 Å². The number of benzene rings is 6. The van der Waals surface area contributed by atoms with Crippen LogP contribution in [-0.4, -0.2) is 14.0 Å². The summed E-state index contributed by atoms with van der Waals surface area (Å²) in [6.07, 6.45) is 0. The Bertz CT molecular complexity index is 2350. The van der Waals surface area contributed by atoms with Gasteiger partial charge in [0.2, 0.25) is 0 Å². The molecule has 0 bridgehead atoms. The number of hydrogen-bond acceptors (Lipinski definition) is 2. The number of imidazole rings is 1. The molecule has 212 valence electrons. The fraction of sp³-hybridized carbons (Fsp3) is 0. The zero-order valence-electron chi connectivity index (χ0n) is 24.3. The lowest BCUT2D eigenvalue weighted by atomic mass is 9.91. The molecule has 9 aromatic rings. The SMILES string of the molecule is c1ccc(-c2c(-c3ccccc3)c(-c3ccccc3)n(-c3cccc4c3nc3sc5ccccc5n34)c2-c2ccccc2)cc1. The van der Waals surface area contributed by atoms with Gasteiger partial charge >= 0.3 is 0 Å². The van der Waals surface area contributed by atoms with Gasteiger partial charge in [0.15, 0.2) is 4.96 Å². The summed E-state index contributed by atoms with van der Waals surface area (Å²) in [4.78, 5) is 6.34. The van der Waals surface area contributed by atoms with Crippen LogP contribution in [0, 0.1) is 0 Å². The fourth-order valence-corrected chi connectivity index (χ4v) is 7.73. The fourth-order valence-electron chi connectivity index (χ4n) is 6.70. The van der Waals surface area contributed by atoms with Crippen LogP contribution in [-0.2, 0) is 0 Å². The second kappa shape index (κ2) is 10.5. The van der Waals surface area contributed by atoms with E-state index in [0.717, 1.165) is 44.2 Å². The summed E-state index contributed by atoms with van der Waals surface area (Å²) in [5, 5.41) is 0. The molecule has 0 saturated heterocycles. The maximum atomic E-state index is 5.34. The molecule has 3 nitrogen and oxygen atoms in total. The van der Waals surface area contributed by atoms with Gasteiger partial charge in [-0.05, 0) is 46.5 Å². The number of thiazole rings is 1. The van der Waals surface area contributed by atoms with E-state index < -0.39 is 0 Å². The summed E-state index contributed by atoms with van der Waals surface area (Å²) in [5.41, 5.74) is 13.7. The van der Waals surface area contributed by atoms with Crippen molar-refractivity contribution >= 4 is 37.5 Å². The Morgan fingerprint density at radius 3 is 1.44 bits per heavy atom. The minimum Gasteiger partial charge on any atom is -0.306 e. The van der Waals surface area contributed by atoms with Crippen molar-refractivity contribution in [3.63, 3.8) is 0 Å². The third kappa shape index (κ3) is 4.07. The van der Waals surface area contributed by atoms with Crippen LogP contribution in [0.3, 0.4) is 0 Å². The van der Waals surface area contributed by atoms with Gasteiger partial charge in [-0.2, -0.15) is 0 Å². The summed E-state index contributed by atoms with van der Waals surface area (Å²) in [6.45, 7) is 0. The van der Waals surface area contributed by atoms with Gasteiger partial charge in [-0.15, -0.1) is 0 Å². The first-order valence-corrected chi connectivity index (χ1v) is 16.0. The average molecular weight is 594 g/mol. The molecular formula is C41H27N3S. The van der Waals surface area contributed by atoms with Crippen LogP contribution in [0.5, 0.6) is 0 Å². The van der Waals surface area contributed by atoms with E-state index in [1.165, 1.54) is 32.5 Å². The molecular weight excluding hydrogens is 567 g/mol. The predicted molar refractivity (Wildman–Crippen MR) is 189 cm³/mol. The number of hydrogen-bond donors (Lipinski definition) is 0. The van der Waals surface area contributed by atoms with Gasteiger partial charge in [0.1, 0.15) is 5.52 Å². The predicted octanol–water partition coefficient (Wildman–Crippen LogP) is 11.2. The zero-order valence-corrected chi connectivity index (χ0v) is 25.2. The Kier molecular flexibility index (Phi) is 6.00. The molecule has 6 aromatic carbocycles. The number of aromatic nitrogens is 3. The highest BCUT2D eigenvalue weighted by Crippen LogP contribution is 2.50. The molecule has 0 aliphatic carbocycles. The van der Waals surface area contributed by atoms with E-state index in [-0.39, 0.29) is 0 Å². The van der Waals surface area contributed by atoms with Crippen LogP contribution in [0.1, 0.15) is 0 Å². The third-order valence-electron chi connectivity index (χ3n) is 8.57. The third-order valence-corrected chi connectivity index (χ3v) is 9.59. The minimum atomic E-state index is 0.984. The zero-order chi connectivity index (χ0) is 29.7. The van der Waals surface area contributed by atoms with E-state index in [0.29, 0.717) is 0 Å². The van der Waals surface area contributed by atoms with Gasteiger partial charge in [0.05, 0.1) is 32.8 Å². The first kappa shape index (κ1) is 25.8. The molecule has 0 fully saturated rings. The molecule has 0 aliphatic rings. The monoisotopic (exact) mass is 593 g/mol. The summed E-state index contributed by atoms with van der Waals surface area (Å²) in [5.74, 6) is 0. The Labute approximate surface area is 264 Å². The van der Waals surface area contributed by atoms with Crippen molar-refractivity contribution in [2.24, 2.45) is 0 Å². The number of para-hydroxylation sites is 2. The van der Waals surface area contributed by atoms with Crippen molar-refractivity contribution in [3.8, 4) is 50.5 Å². The highest BCUT2D eigenvalue weighted by Gasteiger charge is 2.29. The minimum absolute atomic E-state index is 0.984. The first-order chi connectivity index (χ1) is 22.4. The normalized spacial score (nSPS) is 11.6. The Morgan fingerprint density at radius 2 is 0.889 bits per heavy atom. The summed E-state index contributed by atoms with van der Waals surface area (Å²) >= 11 is 1.74. The van der Waals surface area contributed by atoms with E-state index in [2.05, 4.69) is 173 Å². The van der Waals surface area contributed by atoms with Gasteiger partial charge in [0, 0.05) is 11.1 Å². The van der Waals surface area contributed by atoms with Gasteiger partial charge in [-0.25, -0.2) is 4.98 Å². The molecule has 0 atom stereocenters. The van der Waals surface area contributed by atoms with E-state index in [1.54, 1.807) is 11.3 Å². The first-order valence-electron chi connectivity index (χ1n) is 15.2. The van der Waals surface area contributed by atoms with Crippen molar-refractivity contribution in [2.45, 2.75) is 0 Å². The molecule has 3 aromatic heterocycles. The number of rotatable bonds is 5. The lowest BCUT2D eigenvalue weighted by molar-refractivity contribution is 1.10. The molecule has 4 heteroatoms. The van der Waals surface area contributed by atoms with Gasteiger partial charge in [-0.1, -0.05) is 151 Å². The Morgan fingerprint density at radius 1 is 0.422 bits per heavy atom. The molecule has 9 rings (SSSR count). The lowest BCUT2D eigenvalue weighted by Gasteiger charge is -2.16. The van der Waals surface area contributed by atoms with E-state index in [9.17, 15) is 0 Å². The molecule has 45 heavy (non-hydrogen) atoms. The summed E-state index contributed by atoms with van der Waals surface area (Å²) < 4.78 is 6.01. The summed E-state index contributed by atoms with van der Waals surface area (Å²) in [6, 6.07) is 58.4. The van der Waals surface area contributed by atoms with Crippen molar-refractivity contribution in [1.82, 2.24) is 14.0 Å². The quantitative estimate of drug-likeness (QED) is 0.195. The molecule has 0 radical (unpaired) electrons. The highest BCUT2D eigenvalue weighted by atomic mass is 32.1. The second-order valence-electron chi connectivity index (χ2n) is 11.2. The van der Waals surface area contributed by atoms with Crippen molar-refractivity contribution in [2.75, 3.05) is 0 Å². The second-order valence-corrected chi connectivity index (χ2v) is 12.2. The van der Waals surface area contributed by atoms with Crippen molar-refractivity contribution < 1.29 is 0 Å². The molecule has 0 unspecified atom stereocenters. The number of nitrogens with zero attached hydrogens (tertiary/aromatic N) is 3. The molecule has 0 saturated carbocycles. The largest absolute Gasteiger partial charge is 0.306 e. The maximum absolute atomic E-state index is 5.34. The van der Waals surface area contributed by atoms with Crippen molar-refractivity contribution in [1.29, 1.82) is 0 Å². The van der Waals surface area contributed by atoms with Gasteiger partial charge in [0.25, 0.3) is 0 Å². The highest BCUT2D eigenvalue weighted by molar-refractivity contribution is 7.23. The molecule has 0 amide bonds. The standard InChI is InChI=1S/C41H27N3S/c1-5-16-28(17-6-1)36-37(29-18-7-2-8-19-29)40(31-22-11-4-12-23-31)44(39(36)30-20-9-3-10-21-30)34-26-15-25-33-38(34)42-41-43(33)32-24-13-14-27-35(32)45-41/h1-27H. The molecule has 0 N–H and O–H groups in total. The summed E-state index contributed by atoms with van der Waals surface area (Å²) in [7, 11) is 0. The van der Waals surface area contributed by atoms with Crippen LogP contribution >= 0.6 is 11.3 Å². The van der Waals surface area contributed by atoms with Gasteiger partial charge in [-0.3, -0.25) is 4.40 Å². The van der Waals surface area contributed by atoms with Gasteiger partial charge < -0.3 is 4.57 Å². The van der Waals surface area contributed by atoms with Crippen LogP contribution < -0.4 is 0 Å². The topological polar surface area (TPSA) is 22.2 Å². The van der Waals surface area contributed by atoms with E-state index in [4.69, 9.17) is 4.98 Å². The molecule has 0 spiro atoms. The van der Waals surface area contributed by atoms with E-state index >= 15 is 0 Å². The van der Waals surface area contributed by atoms with Crippen LogP contribution in [0.4, 0.5) is 0 Å². The van der Waals surface area contributed by atoms with E-state index in [1.807, 2.05) is 0 Å². The Balaban J connectivity index is 1.51.